The van der Waals surface area contributed by atoms with E-state index in [-0.39, 0.29) is 0 Å². The van der Waals surface area contributed by atoms with Crippen LogP contribution in [0.15, 0.2) is 49.1 Å². The molecule has 0 saturated carbocycles. The van der Waals surface area contributed by atoms with E-state index in [0.717, 1.165) is 22.5 Å². The molecule has 21 heavy (non-hydrogen) atoms. The maximum absolute atomic E-state index is 9.39. The second-order valence-corrected chi connectivity index (χ2v) is 4.70. The van der Waals surface area contributed by atoms with Gasteiger partial charge in [0.15, 0.2) is 0 Å². The molecule has 5 nitrogen and oxygen atoms in total. The average Bonchev–Trinajstić information content (AvgIpc) is 2.96. The van der Waals surface area contributed by atoms with Crippen LogP contribution < -0.4 is 5.73 Å². The van der Waals surface area contributed by atoms with Gasteiger partial charge in [0, 0.05) is 11.8 Å². The smallest absolute Gasteiger partial charge is 0.123 e. The Balaban J connectivity index is 2.21. The van der Waals surface area contributed by atoms with Gasteiger partial charge < -0.3 is 5.73 Å². The van der Waals surface area contributed by atoms with Gasteiger partial charge in [-0.15, -0.1) is 0 Å². The van der Waals surface area contributed by atoms with Crippen LogP contribution in [0.4, 0.5) is 5.82 Å². The summed E-state index contributed by atoms with van der Waals surface area (Å²) in [6.07, 6.45) is 5.10. The Kier molecular flexibility index (Phi) is 3.13. The summed E-state index contributed by atoms with van der Waals surface area (Å²) in [6.45, 7) is 1.92. The molecule has 1 aromatic carbocycles. The fourth-order valence-electron chi connectivity index (χ4n) is 2.31. The Hall–Kier alpha value is -3.13. The molecule has 0 aliphatic heterocycles. The molecule has 102 valence electrons. The summed E-state index contributed by atoms with van der Waals surface area (Å²) in [5.74, 6) is 0.449. The van der Waals surface area contributed by atoms with Crippen molar-refractivity contribution in [3.63, 3.8) is 0 Å². The first-order valence-electron chi connectivity index (χ1n) is 6.45. The molecular formula is C16H13N5. The quantitative estimate of drug-likeness (QED) is 0.779. The largest absolute Gasteiger partial charge is 0.384 e. The van der Waals surface area contributed by atoms with E-state index in [1.807, 2.05) is 35.8 Å². The Bertz CT molecular complexity index is 842. The number of rotatable bonds is 2. The van der Waals surface area contributed by atoms with E-state index < -0.39 is 0 Å². The Morgan fingerprint density at radius 1 is 1.29 bits per heavy atom. The number of nitrogen functional groups attached to an aromatic ring is 1. The Labute approximate surface area is 122 Å². The molecule has 0 saturated heterocycles. The summed E-state index contributed by atoms with van der Waals surface area (Å²) in [5, 5.41) is 9.39. The maximum Gasteiger partial charge on any atom is 0.123 e. The minimum atomic E-state index is 0.449. The Morgan fingerprint density at radius 2 is 2.14 bits per heavy atom. The Morgan fingerprint density at radius 3 is 2.90 bits per heavy atom. The van der Waals surface area contributed by atoms with Crippen molar-refractivity contribution in [2.45, 2.75) is 6.92 Å². The standard InChI is InChI=1S/C16H13N5/c1-11-3-2-4-14(13(11)8-17)21-10-19-9-15(21)12-5-6-20-16(18)7-12/h2-7,9-10H,1H3,(H2,18,20). The molecule has 0 aliphatic rings. The summed E-state index contributed by atoms with van der Waals surface area (Å²) in [4.78, 5) is 8.20. The molecule has 0 amide bonds. The summed E-state index contributed by atoms with van der Waals surface area (Å²) < 4.78 is 1.89. The van der Waals surface area contributed by atoms with Crippen LogP contribution in [0.25, 0.3) is 16.9 Å². The third kappa shape index (κ3) is 2.23. The normalized spacial score (nSPS) is 10.3. The van der Waals surface area contributed by atoms with Gasteiger partial charge in [-0.25, -0.2) is 9.97 Å². The van der Waals surface area contributed by atoms with E-state index in [1.165, 1.54) is 0 Å². The molecule has 0 unspecified atom stereocenters. The molecule has 0 radical (unpaired) electrons. The number of hydrogen-bond acceptors (Lipinski definition) is 4. The maximum atomic E-state index is 9.39. The van der Waals surface area contributed by atoms with Crippen LogP contribution in [0.5, 0.6) is 0 Å². The van der Waals surface area contributed by atoms with Crippen molar-refractivity contribution < 1.29 is 0 Å². The summed E-state index contributed by atoms with van der Waals surface area (Å²) in [6, 6.07) is 11.7. The molecule has 2 aromatic heterocycles. The average molecular weight is 275 g/mol. The number of imidazole rings is 1. The van der Waals surface area contributed by atoms with Crippen LogP contribution in [0, 0.1) is 18.3 Å². The highest BCUT2D eigenvalue weighted by atomic mass is 15.1. The van der Waals surface area contributed by atoms with E-state index in [4.69, 9.17) is 5.73 Å². The fraction of sp³-hybridized carbons (Fsp3) is 0.0625. The van der Waals surface area contributed by atoms with Crippen molar-refractivity contribution in [3.8, 4) is 23.0 Å². The van der Waals surface area contributed by atoms with Gasteiger partial charge in [-0.05, 0) is 30.7 Å². The lowest BCUT2D eigenvalue weighted by Crippen LogP contribution is -2.00. The number of aromatic nitrogens is 3. The predicted molar refractivity (Wildman–Crippen MR) is 80.7 cm³/mol. The van der Waals surface area contributed by atoms with Gasteiger partial charge in [-0.1, -0.05) is 12.1 Å². The number of anilines is 1. The molecule has 5 heteroatoms. The molecule has 0 fully saturated rings. The SMILES string of the molecule is Cc1cccc(-n2cncc2-c2ccnc(N)c2)c1C#N. The van der Waals surface area contributed by atoms with Crippen molar-refractivity contribution in [2.24, 2.45) is 0 Å². The monoisotopic (exact) mass is 275 g/mol. The number of nitrogens with zero attached hydrogens (tertiary/aromatic N) is 4. The van der Waals surface area contributed by atoms with Crippen molar-refractivity contribution in [3.05, 3.63) is 60.2 Å². The summed E-state index contributed by atoms with van der Waals surface area (Å²) in [5.41, 5.74) is 9.89. The van der Waals surface area contributed by atoms with Crippen molar-refractivity contribution in [1.29, 1.82) is 5.26 Å². The van der Waals surface area contributed by atoms with Gasteiger partial charge >= 0.3 is 0 Å². The lowest BCUT2D eigenvalue weighted by Gasteiger charge is -2.11. The van der Waals surface area contributed by atoms with Crippen LogP contribution in [0.3, 0.4) is 0 Å². The number of aryl methyl sites for hydroxylation is 1. The van der Waals surface area contributed by atoms with Crippen LogP contribution in [0.1, 0.15) is 11.1 Å². The number of nitrogens with two attached hydrogens (primary N) is 1. The predicted octanol–water partition coefficient (Wildman–Crippen LogP) is 2.70. The minimum Gasteiger partial charge on any atom is -0.384 e. The van der Waals surface area contributed by atoms with Crippen LogP contribution in [-0.2, 0) is 0 Å². The highest BCUT2D eigenvalue weighted by Crippen LogP contribution is 2.26. The van der Waals surface area contributed by atoms with E-state index in [9.17, 15) is 5.26 Å². The summed E-state index contributed by atoms with van der Waals surface area (Å²) in [7, 11) is 0. The van der Waals surface area contributed by atoms with Gasteiger partial charge in [0.2, 0.25) is 0 Å². The van der Waals surface area contributed by atoms with E-state index in [0.29, 0.717) is 11.4 Å². The van der Waals surface area contributed by atoms with Crippen LogP contribution in [-0.4, -0.2) is 14.5 Å². The second kappa shape index (κ2) is 5.10. The highest BCUT2D eigenvalue weighted by Gasteiger charge is 2.12. The molecule has 0 atom stereocenters. The second-order valence-electron chi connectivity index (χ2n) is 4.70. The molecule has 2 heterocycles. The molecule has 0 aliphatic carbocycles. The van der Waals surface area contributed by atoms with Crippen LogP contribution >= 0.6 is 0 Å². The third-order valence-corrected chi connectivity index (χ3v) is 3.34. The lowest BCUT2D eigenvalue weighted by molar-refractivity contribution is 1.05. The van der Waals surface area contributed by atoms with Gasteiger partial charge in [0.1, 0.15) is 11.9 Å². The van der Waals surface area contributed by atoms with Crippen molar-refractivity contribution in [2.75, 3.05) is 5.73 Å². The van der Waals surface area contributed by atoms with E-state index in [1.54, 1.807) is 24.8 Å². The third-order valence-electron chi connectivity index (χ3n) is 3.34. The zero-order valence-electron chi connectivity index (χ0n) is 11.5. The van der Waals surface area contributed by atoms with Gasteiger partial charge in [0.25, 0.3) is 0 Å². The molecule has 3 aromatic rings. The van der Waals surface area contributed by atoms with Crippen LogP contribution in [0.2, 0.25) is 0 Å². The first-order valence-corrected chi connectivity index (χ1v) is 6.45. The zero-order chi connectivity index (χ0) is 14.8. The van der Waals surface area contributed by atoms with Crippen molar-refractivity contribution >= 4 is 5.82 Å². The lowest BCUT2D eigenvalue weighted by atomic mass is 10.1. The summed E-state index contributed by atoms with van der Waals surface area (Å²) >= 11 is 0. The van der Waals surface area contributed by atoms with E-state index >= 15 is 0 Å². The molecule has 3 rings (SSSR count). The first kappa shape index (κ1) is 12.9. The number of benzene rings is 1. The highest BCUT2D eigenvalue weighted by molar-refractivity contribution is 5.66. The zero-order valence-corrected chi connectivity index (χ0v) is 11.5. The number of pyridine rings is 1. The van der Waals surface area contributed by atoms with Gasteiger partial charge in [-0.2, -0.15) is 5.26 Å². The first-order chi connectivity index (χ1) is 10.2. The topological polar surface area (TPSA) is 80.5 Å². The molecular weight excluding hydrogens is 262 g/mol. The van der Waals surface area contributed by atoms with Gasteiger partial charge in [0.05, 0.1) is 29.5 Å². The van der Waals surface area contributed by atoms with Crippen molar-refractivity contribution in [1.82, 2.24) is 14.5 Å². The number of hydrogen-bond donors (Lipinski definition) is 1. The van der Waals surface area contributed by atoms with E-state index in [2.05, 4.69) is 16.0 Å². The van der Waals surface area contributed by atoms with Gasteiger partial charge in [-0.3, -0.25) is 4.57 Å². The fourth-order valence-corrected chi connectivity index (χ4v) is 2.31. The molecule has 0 spiro atoms. The molecule has 0 bridgehead atoms. The minimum absolute atomic E-state index is 0.449. The number of nitriles is 1. The molecule has 2 N–H and O–H groups in total.